The average molecular weight is 355 g/mol. The van der Waals surface area contributed by atoms with Crippen LogP contribution in [0, 0.1) is 12.7 Å². The number of anilines is 1. The van der Waals surface area contributed by atoms with Crippen LogP contribution in [-0.4, -0.2) is 8.42 Å². The molecule has 0 amide bonds. The smallest absolute Gasteiger partial charge is 0.262 e. The molecule has 0 aromatic heterocycles. The molecule has 0 heterocycles. The Hall–Kier alpha value is -2.66. The van der Waals surface area contributed by atoms with Gasteiger partial charge in [0.05, 0.1) is 12.2 Å². The van der Waals surface area contributed by atoms with E-state index in [-0.39, 0.29) is 11.4 Å². The Labute approximate surface area is 147 Å². The van der Waals surface area contributed by atoms with Gasteiger partial charge in [-0.1, -0.05) is 60.2 Å². The zero-order valence-electron chi connectivity index (χ0n) is 13.8. The molecular weight excluding hydrogens is 337 g/mol. The van der Waals surface area contributed by atoms with Gasteiger partial charge in [-0.05, 0) is 36.8 Å². The van der Waals surface area contributed by atoms with Crippen LogP contribution >= 0.6 is 0 Å². The van der Waals surface area contributed by atoms with Gasteiger partial charge >= 0.3 is 0 Å². The fraction of sp³-hybridized carbons (Fsp3) is 0.100. The van der Waals surface area contributed by atoms with E-state index < -0.39 is 15.8 Å². The molecule has 0 unspecified atom stereocenters. The lowest BCUT2D eigenvalue weighted by atomic mass is 10.1. The summed E-state index contributed by atoms with van der Waals surface area (Å²) < 4.78 is 41.7. The zero-order valence-corrected chi connectivity index (χ0v) is 14.6. The minimum absolute atomic E-state index is 0.127. The predicted octanol–water partition coefficient (Wildman–Crippen LogP) is 4.53. The van der Waals surface area contributed by atoms with Gasteiger partial charge in [0.2, 0.25) is 0 Å². The summed E-state index contributed by atoms with van der Waals surface area (Å²) in [6.45, 7) is 2.07. The van der Waals surface area contributed by atoms with E-state index in [0.29, 0.717) is 5.69 Å². The van der Waals surface area contributed by atoms with Crippen molar-refractivity contribution < 1.29 is 12.8 Å². The Kier molecular flexibility index (Phi) is 4.86. The van der Waals surface area contributed by atoms with Crippen molar-refractivity contribution in [1.82, 2.24) is 0 Å². The summed E-state index contributed by atoms with van der Waals surface area (Å²) in [5.41, 5.74) is 2.37. The van der Waals surface area contributed by atoms with Gasteiger partial charge in [-0.2, -0.15) is 0 Å². The number of benzene rings is 3. The first-order valence-corrected chi connectivity index (χ1v) is 9.30. The summed E-state index contributed by atoms with van der Waals surface area (Å²) in [6.07, 6.45) is 0. The molecule has 0 atom stereocenters. The molecule has 25 heavy (non-hydrogen) atoms. The largest absolute Gasteiger partial charge is 0.267 e. The van der Waals surface area contributed by atoms with E-state index in [1.807, 2.05) is 37.3 Å². The fourth-order valence-corrected chi connectivity index (χ4v) is 4.18. The van der Waals surface area contributed by atoms with Gasteiger partial charge in [0, 0.05) is 0 Å². The topological polar surface area (TPSA) is 37.4 Å². The van der Waals surface area contributed by atoms with Crippen LogP contribution in [0.4, 0.5) is 10.1 Å². The van der Waals surface area contributed by atoms with Crippen molar-refractivity contribution in [2.45, 2.75) is 18.4 Å². The maximum atomic E-state index is 14.2. The van der Waals surface area contributed by atoms with Gasteiger partial charge in [0.25, 0.3) is 10.0 Å². The van der Waals surface area contributed by atoms with Gasteiger partial charge in [0.1, 0.15) is 10.7 Å². The first kappa shape index (κ1) is 17.2. The second-order valence-electron chi connectivity index (χ2n) is 5.77. The molecule has 3 rings (SSSR count). The van der Waals surface area contributed by atoms with Crippen molar-refractivity contribution in [2.24, 2.45) is 0 Å². The number of hydrogen-bond acceptors (Lipinski definition) is 2. The third-order valence-corrected chi connectivity index (χ3v) is 5.66. The fourth-order valence-electron chi connectivity index (χ4n) is 2.66. The number of para-hydroxylation sites is 1. The van der Waals surface area contributed by atoms with Crippen LogP contribution in [0.1, 0.15) is 11.1 Å². The Morgan fingerprint density at radius 3 is 2.24 bits per heavy atom. The molecule has 0 fully saturated rings. The summed E-state index contributed by atoms with van der Waals surface area (Å²) >= 11 is 0. The first-order valence-electron chi connectivity index (χ1n) is 7.86. The van der Waals surface area contributed by atoms with Gasteiger partial charge in [-0.25, -0.2) is 12.8 Å². The molecule has 128 valence electrons. The first-order chi connectivity index (χ1) is 12.0. The highest BCUT2D eigenvalue weighted by atomic mass is 32.2. The highest BCUT2D eigenvalue weighted by molar-refractivity contribution is 7.92. The number of aryl methyl sites for hydroxylation is 1. The van der Waals surface area contributed by atoms with Crippen LogP contribution in [0.15, 0.2) is 83.8 Å². The van der Waals surface area contributed by atoms with Gasteiger partial charge in [-0.15, -0.1) is 0 Å². The van der Waals surface area contributed by atoms with E-state index in [4.69, 9.17) is 0 Å². The SMILES string of the molecule is Cc1cccc(CN(c2ccccc2)S(=O)(=O)c2ccccc2F)c1. The third-order valence-electron chi connectivity index (χ3n) is 3.86. The summed E-state index contributed by atoms with van der Waals surface area (Å²) in [4.78, 5) is -0.327. The third kappa shape index (κ3) is 3.72. The summed E-state index contributed by atoms with van der Waals surface area (Å²) in [6, 6.07) is 21.8. The van der Waals surface area contributed by atoms with Crippen molar-refractivity contribution in [1.29, 1.82) is 0 Å². The van der Waals surface area contributed by atoms with Crippen LogP contribution in [0.5, 0.6) is 0 Å². The maximum Gasteiger partial charge on any atom is 0.267 e. The Bertz CT molecular complexity index is 972. The van der Waals surface area contributed by atoms with Crippen molar-refractivity contribution in [3.05, 3.63) is 95.8 Å². The standard InChI is InChI=1S/C20H18FNO2S/c1-16-8-7-9-17(14-16)15-22(18-10-3-2-4-11-18)25(23,24)20-13-6-5-12-19(20)21/h2-14H,15H2,1H3. The van der Waals surface area contributed by atoms with E-state index in [0.717, 1.165) is 17.2 Å². The van der Waals surface area contributed by atoms with Crippen molar-refractivity contribution in [2.75, 3.05) is 4.31 Å². The summed E-state index contributed by atoms with van der Waals surface area (Å²) in [5, 5.41) is 0. The molecule has 0 aliphatic carbocycles. The van der Waals surface area contributed by atoms with Crippen molar-refractivity contribution in [3.63, 3.8) is 0 Å². The highest BCUT2D eigenvalue weighted by Crippen LogP contribution is 2.27. The molecule has 0 N–H and O–H groups in total. The van der Waals surface area contributed by atoms with Crippen LogP contribution in [0.25, 0.3) is 0 Å². The monoisotopic (exact) mass is 355 g/mol. The second kappa shape index (κ2) is 7.07. The lowest BCUT2D eigenvalue weighted by molar-refractivity contribution is 0.563. The normalized spacial score (nSPS) is 11.3. The Morgan fingerprint density at radius 1 is 0.880 bits per heavy atom. The van der Waals surface area contributed by atoms with Gasteiger partial charge in [0.15, 0.2) is 0 Å². The summed E-state index contributed by atoms with van der Waals surface area (Å²) in [7, 11) is -4.04. The molecule has 0 saturated heterocycles. The molecule has 5 heteroatoms. The van der Waals surface area contributed by atoms with Crippen molar-refractivity contribution >= 4 is 15.7 Å². The molecule has 0 spiro atoms. The van der Waals surface area contributed by atoms with E-state index >= 15 is 0 Å². The number of rotatable bonds is 5. The lowest BCUT2D eigenvalue weighted by Crippen LogP contribution is -2.31. The van der Waals surface area contributed by atoms with E-state index in [1.54, 1.807) is 24.3 Å². The number of hydrogen-bond donors (Lipinski definition) is 0. The number of nitrogens with zero attached hydrogens (tertiary/aromatic N) is 1. The zero-order chi connectivity index (χ0) is 17.9. The second-order valence-corrected chi connectivity index (χ2v) is 7.60. The van der Waals surface area contributed by atoms with Crippen molar-refractivity contribution in [3.8, 4) is 0 Å². The lowest BCUT2D eigenvalue weighted by Gasteiger charge is -2.25. The van der Waals surface area contributed by atoms with E-state index in [1.165, 1.54) is 22.5 Å². The van der Waals surface area contributed by atoms with E-state index in [2.05, 4.69) is 0 Å². The molecule has 0 aliphatic heterocycles. The maximum absolute atomic E-state index is 14.2. The Morgan fingerprint density at radius 2 is 1.56 bits per heavy atom. The van der Waals surface area contributed by atoms with Crippen LogP contribution in [0.3, 0.4) is 0 Å². The number of sulfonamides is 1. The molecular formula is C20H18FNO2S. The number of halogens is 1. The molecule has 3 aromatic carbocycles. The molecule has 3 nitrogen and oxygen atoms in total. The highest BCUT2D eigenvalue weighted by Gasteiger charge is 2.27. The van der Waals surface area contributed by atoms with E-state index in [9.17, 15) is 12.8 Å². The van der Waals surface area contributed by atoms with Crippen LogP contribution in [0.2, 0.25) is 0 Å². The van der Waals surface area contributed by atoms with Gasteiger partial charge in [-0.3, -0.25) is 4.31 Å². The minimum atomic E-state index is -4.04. The van der Waals surface area contributed by atoms with Crippen LogP contribution in [-0.2, 0) is 16.6 Å². The van der Waals surface area contributed by atoms with Gasteiger partial charge < -0.3 is 0 Å². The molecule has 0 radical (unpaired) electrons. The molecule has 0 bridgehead atoms. The quantitative estimate of drug-likeness (QED) is 0.674. The molecule has 0 aliphatic rings. The predicted molar refractivity (Wildman–Crippen MR) is 97.4 cm³/mol. The molecule has 0 saturated carbocycles. The molecule has 3 aromatic rings. The summed E-state index contributed by atoms with van der Waals surface area (Å²) in [5.74, 6) is -0.757. The van der Waals surface area contributed by atoms with Crippen LogP contribution < -0.4 is 4.31 Å². The Balaban J connectivity index is 2.10. The average Bonchev–Trinajstić information content (AvgIpc) is 2.60. The minimum Gasteiger partial charge on any atom is -0.262 e.